The zero-order valence-electron chi connectivity index (χ0n) is 11.7. The normalized spacial score (nSPS) is 27.0. The van der Waals surface area contributed by atoms with E-state index in [1.54, 1.807) is 0 Å². The summed E-state index contributed by atoms with van der Waals surface area (Å²) in [5.74, 6) is 0. The third kappa shape index (κ3) is 4.06. The quantitative estimate of drug-likeness (QED) is 0.739. The summed E-state index contributed by atoms with van der Waals surface area (Å²) in [4.78, 5) is 2.74. The summed E-state index contributed by atoms with van der Waals surface area (Å²) in [6.07, 6.45) is 5.53. The van der Waals surface area contributed by atoms with Crippen molar-refractivity contribution in [3.05, 3.63) is 0 Å². The molecule has 1 N–H and O–H groups in total. The lowest BCUT2D eigenvalue weighted by Gasteiger charge is -2.43. The Kier molecular flexibility index (Phi) is 5.77. The highest BCUT2D eigenvalue weighted by Gasteiger charge is 2.30. The van der Waals surface area contributed by atoms with Crippen molar-refractivity contribution in [1.29, 1.82) is 0 Å². The molecule has 0 spiro atoms. The Bertz CT molecular complexity index is 183. The van der Waals surface area contributed by atoms with Gasteiger partial charge in [0, 0.05) is 12.6 Å². The Morgan fingerprint density at radius 1 is 1.12 bits per heavy atom. The molecule has 2 heterocycles. The smallest absolute Gasteiger partial charge is 0.0120 e. The molecule has 2 aliphatic rings. The Balaban J connectivity index is 0.000000606. The lowest BCUT2D eigenvalue weighted by Crippen LogP contribution is -2.49. The lowest BCUT2D eigenvalue weighted by molar-refractivity contribution is 0.0645. The summed E-state index contributed by atoms with van der Waals surface area (Å²) in [5.41, 5.74) is 0.559. The fourth-order valence-corrected chi connectivity index (χ4v) is 2.95. The molecule has 96 valence electrons. The minimum Gasteiger partial charge on any atom is -0.317 e. The first kappa shape index (κ1) is 14.0. The van der Waals surface area contributed by atoms with E-state index in [0.717, 1.165) is 6.04 Å². The van der Waals surface area contributed by atoms with Gasteiger partial charge in [-0.1, -0.05) is 27.7 Å². The van der Waals surface area contributed by atoms with Crippen LogP contribution in [-0.2, 0) is 0 Å². The first-order valence-corrected chi connectivity index (χ1v) is 7.12. The van der Waals surface area contributed by atoms with E-state index in [-0.39, 0.29) is 0 Å². The van der Waals surface area contributed by atoms with E-state index >= 15 is 0 Å². The Labute approximate surface area is 102 Å². The Morgan fingerprint density at radius 2 is 1.75 bits per heavy atom. The van der Waals surface area contributed by atoms with Crippen molar-refractivity contribution < 1.29 is 0 Å². The molecule has 0 aromatic carbocycles. The number of rotatable bonds is 1. The second-order valence-electron chi connectivity index (χ2n) is 5.72. The summed E-state index contributed by atoms with van der Waals surface area (Å²) in [6.45, 7) is 13.9. The van der Waals surface area contributed by atoms with Crippen LogP contribution in [0.2, 0.25) is 0 Å². The number of nitrogens with zero attached hydrogens (tertiary/aromatic N) is 1. The largest absolute Gasteiger partial charge is 0.317 e. The SMILES string of the molecule is CC.CC1(C)CCCN(C2CCNCC2)C1. The van der Waals surface area contributed by atoms with Crippen LogP contribution in [0, 0.1) is 5.41 Å². The van der Waals surface area contributed by atoms with Crippen molar-refractivity contribution in [2.24, 2.45) is 5.41 Å². The highest BCUT2D eigenvalue weighted by atomic mass is 15.2. The molecule has 0 bridgehead atoms. The van der Waals surface area contributed by atoms with Crippen molar-refractivity contribution in [1.82, 2.24) is 10.2 Å². The first-order chi connectivity index (χ1) is 7.67. The van der Waals surface area contributed by atoms with Gasteiger partial charge in [-0.15, -0.1) is 0 Å². The molecular formula is C14H30N2. The van der Waals surface area contributed by atoms with Crippen LogP contribution >= 0.6 is 0 Å². The van der Waals surface area contributed by atoms with Gasteiger partial charge in [0.05, 0.1) is 0 Å². The highest BCUT2D eigenvalue weighted by Crippen LogP contribution is 2.30. The molecule has 0 aliphatic carbocycles. The molecule has 0 unspecified atom stereocenters. The number of hydrogen-bond donors (Lipinski definition) is 1. The standard InChI is InChI=1S/C12H24N2.C2H6/c1-12(2)6-3-9-14(10-12)11-4-7-13-8-5-11;1-2/h11,13H,3-10H2,1-2H3;1-2H3. The van der Waals surface area contributed by atoms with E-state index in [0.29, 0.717) is 5.41 Å². The second-order valence-corrected chi connectivity index (χ2v) is 5.72. The van der Waals surface area contributed by atoms with Gasteiger partial charge in [0.2, 0.25) is 0 Å². The fourth-order valence-electron chi connectivity index (χ4n) is 2.95. The molecule has 2 aliphatic heterocycles. The van der Waals surface area contributed by atoms with Crippen molar-refractivity contribution in [2.45, 2.75) is 59.4 Å². The molecule has 0 aromatic rings. The number of likely N-dealkylation sites (tertiary alicyclic amines) is 1. The molecule has 0 aromatic heterocycles. The van der Waals surface area contributed by atoms with Crippen LogP contribution in [0.5, 0.6) is 0 Å². The summed E-state index contributed by atoms with van der Waals surface area (Å²) in [5, 5.41) is 3.45. The van der Waals surface area contributed by atoms with Crippen molar-refractivity contribution in [2.75, 3.05) is 26.2 Å². The van der Waals surface area contributed by atoms with Crippen LogP contribution in [-0.4, -0.2) is 37.1 Å². The molecule has 2 nitrogen and oxygen atoms in total. The summed E-state index contributed by atoms with van der Waals surface area (Å²) in [6, 6.07) is 0.871. The summed E-state index contributed by atoms with van der Waals surface area (Å²) >= 11 is 0. The molecule has 0 amide bonds. The van der Waals surface area contributed by atoms with Crippen LogP contribution in [0.3, 0.4) is 0 Å². The monoisotopic (exact) mass is 226 g/mol. The van der Waals surface area contributed by atoms with Gasteiger partial charge < -0.3 is 5.32 Å². The van der Waals surface area contributed by atoms with Gasteiger partial charge in [0.1, 0.15) is 0 Å². The van der Waals surface area contributed by atoms with E-state index in [4.69, 9.17) is 0 Å². The van der Waals surface area contributed by atoms with Crippen molar-refractivity contribution in [3.63, 3.8) is 0 Å². The van der Waals surface area contributed by atoms with E-state index in [2.05, 4.69) is 24.1 Å². The Morgan fingerprint density at radius 3 is 2.31 bits per heavy atom. The summed E-state index contributed by atoms with van der Waals surface area (Å²) < 4.78 is 0. The molecule has 2 saturated heterocycles. The highest BCUT2D eigenvalue weighted by molar-refractivity contribution is 4.85. The van der Waals surface area contributed by atoms with Gasteiger partial charge in [-0.2, -0.15) is 0 Å². The van der Waals surface area contributed by atoms with Crippen LogP contribution in [0.15, 0.2) is 0 Å². The van der Waals surface area contributed by atoms with Crippen LogP contribution in [0.25, 0.3) is 0 Å². The second kappa shape index (κ2) is 6.61. The molecule has 0 atom stereocenters. The van der Waals surface area contributed by atoms with E-state index in [1.165, 1.54) is 51.9 Å². The van der Waals surface area contributed by atoms with Crippen LogP contribution in [0.4, 0.5) is 0 Å². The Hall–Kier alpha value is -0.0800. The first-order valence-electron chi connectivity index (χ1n) is 7.12. The maximum absolute atomic E-state index is 3.45. The van der Waals surface area contributed by atoms with E-state index < -0.39 is 0 Å². The summed E-state index contributed by atoms with van der Waals surface area (Å²) in [7, 11) is 0. The maximum Gasteiger partial charge on any atom is 0.0120 e. The fraction of sp³-hybridized carbons (Fsp3) is 1.00. The van der Waals surface area contributed by atoms with Gasteiger partial charge >= 0.3 is 0 Å². The molecule has 2 heteroatoms. The van der Waals surface area contributed by atoms with Gasteiger partial charge in [-0.05, 0) is 50.7 Å². The molecule has 2 rings (SSSR count). The third-order valence-electron chi connectivity index (χ3n) is 3.76. The van der Waals surface area contributed by atoms with Gasteiger partial charge in [-0.3, -0.25) is 4.90 Å². The number of nitrogens with one attached hydrogen (secondary N) is 1. The van der Waals surface area contributed by atoms with Crippen molar-refractivity contribution in [3.8, 4) is 0 Å². The molecule has 0 saturated carbocycles. The van der Waals surface area contributed by atoms with Crippen LogP contribution < -0.4 is 5.32 Å². The topological polar surface area (TPSA) is 15.3 Å². The van der Waals surface area contributed by atoms with Crippen molar-refractivity contribution >= 4 is 0 Å². The van der Waals surface area contributed by atoms with Crippen LogP contribution in [0.1, 0.15) is 53.4 Å². The average Bonchev–Trinajstić information content (AvgIpc) is 2.32. The van der Waals surface area contributed by atoms with E-state index in [9.17, 15) is 0 Å². The molecule has 16 heavy (non-hydrogen) atoms. The zero-order chi connectivity index (χ0) is 12.0. The molecule has 2 fully saturated rings. The average molecular weight is 226 g/mol. The third-order valence-corrected chi connectivity index (χ3v) is 3.76. The van der Waals surface area contributed by atoms with E-state index in [1.807, 2.05) is 13.8 Å². The number of hydrogen-bond acceptors (Lipinski definition) is 2. The van der Waals surface area contributed by atoms with Gasteiger partial charge in [-0.25, -0.2) is 0 Å². The minimum atomic E-state index is 0.559. The molecular weight excluding hydrogens is 196 g/mol. The predicted molar refractivity (Wildman–Crippen MR) is 71.8 cm³/mol. The lowest BCUT2D eigenvalue weighted by atomic mass is 9.83. The minimum absolute atomic E-state index is 0.559. The van der Waals surface area contributed by atoms with Gasteiger partial charge in [0.15, 0.2) is 0 Å². The number of piperidine rings is 2. The molecule has 0 radical (unpaired) electrons. The zero-order valence-corrected chi connectivity index (χ0v) is 11.7. The maximum atomic E-state index is 3.45. The predicted octanol–water partition coefficient (Wildman–Crippen LogP) is 2.89. The van der Waals surface area contributed by atoms with Gasteiger partial charge in [0.25, 0.3) is 0 Å².